The molecule has 0 saturated carbocycles. The van der Waals surface area contributed by atoms with Crippen LogP contribution in [0.15, 0.2) is 72.3 Å². The third kappa shape index (κ3) is 3.80. The number of rotatable bonds is 3. The number of aliphatic hydroxyl groups is 1. The molecule has 1 atom stereocenters. The number of hydrogen-bond donors (Lipinski definition) is 1. The zero-order valence-corrected chi connectivity index (χ0v) is 17.2. The number of halogens is 4. The van der Waals surface area contributed by atoms with Gasteiger partial charge in [-0.3, -0.25) is 14.5 Å². The van der Waals surface area contributed by atoms with Gasteiger partial charge in [0.2, 0.25) is 0 Å². The molecule has 3 aromatic carbocycles. The number of amides is 1. The molecule has 0 aliphatic carbocycles. The topological polar surface area (TPSA) is 57.6 Å². The average molecular weight is 460 g/mol. The number of carbonyl (C=O) groups excluding carboxylic acids is 2. The Kier molecular flexibility index (Phi) is 5.52. The van der Waals surface area contributed by atoms with Crippen molar-refractivity contribution < 1.29 is 23.5 Å². The first kappa shape index (κ1) is 21.0. The maximum absolute atomic E-state index is 13.9. The van der Waals surface area contributed by atoms with E-state index in [9.17, 15) is 23.5 Å². The molecular formula is C23H13Cl2F2NO3. The van der Waals surface area contributed by atoms with Gasteiger partial charge in [0, 0.05) is 11.3 Å². The second kappa shape index (κ2) is 8.13. The lowest BCUT2D eigenvalue weighted by atomic mass is 9.95. The van der Waals surface area contributed by atoms with E-state index < -0.39 is 35.1 Å². The van der Waals surface area contributed by atoms with Gasteiger partial charge >= 0.3 is 0 Å². The van der Waals surface area contributed by atoms with E-state index in [0.29, 0.717) is 5.56 Å². The lowest BCUT2D eigenvalue weighted by molar-refractivity contribution is -0.132. The van der Waals surface area contributed by atoms with E-state index in [1.165, 1.54) is 42.5 Å². The Hall–Kier alpha value is -3.22. The number of Topliss-reactive ketones (excluding diaryl/α,β-unsaturated/α-hetero) is 1. The largest absolute Gasteiger partial charge is 0.507 e. The van der Waals surface area contributed by atoms with Crippen LogP contribution in [0.2, 0.25) is 10.0 Å². The van der Waals surface area contributed by atoms with Gasteiger partial charge in [-0.2, -0.15) is 0 Å². The number of ketones is 1. The van der Waals surface area contributed by atoms with Crippen molar-refractivity contribution in [2.75, 3.05) is 4.90 Å². The normalized spacial score (nSPS) is 17.9. The van der Waals surface area contributed by atoms with Gasteiger partial charge in [0.15, 0.2) is 0 Å². The number of hydrogen-bond acceptors (Lipinski definition) is 3. The summed E-state index contributed by atoms with van der Waals surface area (Å²) < 4.78 is 27.2. The SMILES string of the molecule is O=C1C(=O)N(c2cccc(F)c2)C(c2ccc(Cl)c(Cl)c2)/C1=C(/O)c1ccc(F)cc1. The molecule has 1 saturated heterocycles. The lowest BCUT2D eigenvalue weighted by Gasteiger charge is -2.25. The van der Waals surface area contributed by atoms with Crippen LogP contribution in [0.25, 0.3) is 5.76 Å². The molecule has 1 aliphatic heterocycles. The Morgan fingerprint density at radius 2 is 1.58 bits per heavy atom. The summed E-state index contributed by atoms with van der Waals surface area (Å²) in [5.41, 5.74) is 0.404. The van der Waals surface area contributed by atoms with Crippen molar-refractivity contribution >= 4 is 46.3 Å². The minimum atomic E-state index is -1.11. The smallest absolute Gasteiger partial charge is 0.300 e. The Balaban J connectivity index is 1.97. The quantitative estimate of drug-likeness (QED) is 0.301. The fourth-order valence-corrected chi connectivity index (χ4v) is 3.79. The fourth-order valence-electron chi connectivity index (χ4n) is 3.49. The summed E-state index contributed by atoms with van der Waals surface area (Å²) in [5.74, 6) is -3.55. The van der Waals surface area contributed by atoms with Gasteiger partial charge in [0.25, 0.3) is 11.7 Å². The van der Waals surface area contributed by atoms with E-state index in [0.717, 1.165) is 23.1 Å². The number of nitrogens with zero attached hydrogens (tertiary/aromatic N) is 1. The van der Waals surface area contributed by atoms with Gasteiger partial charge in [-0.25, -0.2) is 8.78 Å². The lowest BCUT2D eigenvalue weighted by Crippen LogP contribution is -2.29. The first-order chi connectivity index (χ1) is 14.8. The highest BCUT2D eigenvalue weighted by molar-refractivity contribution is 6.51. The van der Waals surface area contributed by atoms with Crippen LogP contribution in [0, 0.1) is 11.6 Å². The number of aliphatic hydroxyl groups excluding tert-OH is 1. The molecule has 1 amide bonds. The zero-order valence-electron chi connectivity index (χ0n) is 15.7. The molecule has 0 spiro atoms. The average Bonchev–Trinajstić information content (AvgIpc) is 3.01. The van der Waals surface area contributed by atoms with E-state index in [1.807, 2.05) is 0 Å². The molecule has 8 heteroatoms. The van der Waals surface area contributed by atoms with Gasteiger partial charge in [0.05, 0.1) is 21.7 Å². The van der Waals surface area contributed by atoms with Crippen molar-refractivity contribution in [3.8, 4) is 0 Å². The third-order valence-corrected chi connectivity index (χ3v) is 5.65. The van der Waals surface area contributed by atoms with Gasteiger partial charge in [-0.05, 0) is 60.2 Å². The highest BCUT2D eigenvalue weighted by atomic mass is 35.5. The van der Waals surface area contributed by atoms with Crippen LogP contribution in [0.1, 0.15) is 17.2 Å². The van der Waals surface area contributed by atoms with Gasteiger partial charge in [0.1, 0.15) is 17.4 Å². The van der Waals surface area contributed by atoms with E-state index in [1.54, 1.807) is 6.07 Å². The van der Waals surface area contributed by atoms with Crippen LogP contribution >= 0.6 is 23.2 Å². The maximum atomic E-state index is 13.9. The molecule has 1 unspecified atom stereocenters. The van der Waals surface area contributed by atoms with Gasteiger partial charge in [-0.15, -0.1) is 0 Å². The molecule has 0 radical (unpaired) electrons. The molecule has 3 aromatic rings. The van der Waals surface area contributed by atoms with Gasteiger partial charge < -0.3 is 5.11 Å². The molecule has 0 aromatic heterocycles. The Morgan fingerprint density at radius 1 is 0.871 bits per heavy atom. The second-order valence-electron chi connectivity index (χ2n) is 6.83. The summed E-state index contributed by atoms with van der Waals surface area (Å²) >= 11 is 12.1. The highest BCUT2D eigenvalue weighted by Gasteiger charge is 2.47. The van der Waals surface area contributed by atoms with E-state index in [4.69, 9.17) is 23.2 Å². The minimum absolute atomic E-state index is 0.122. The molecule has 1 fully saturated rings. The van der Waals surface area contributed by atoms with Crippen LogP contribution in [0.4, 0.5) is 14.5 Å². The number of benzene rings is 3. The molecule has 1 heterocycles. The summed E-state index contributed by atoms with van der Waals surface area (Å²) in [5, 5.41) is 11.3. The highest BCUT2D eigenvalue weighted by Crippen LogP contribution is 2.43. The summed E-state index contributed by atoms with van der Waals surface area (Å²) in [6.45, 7) is 0. The van der Waals surface area contributed by atoms with Crippen LogP contribution in [-0.2, 0) is 9.59 Å². The molecule has 156 valence electrons. The summed E-state index contributed by atoms with van der Waals surface area (Å²) in [6.07, 6.45) is 0. The zero-order chi connectivity index (χ0) is 22.3. The minimum Gasteiger partial charge on any atom is -0.507 e. The first-order valence-corrected chi connectivity index (χ1v) is 9.81. The Bertz CT molecular complexity index is 1240. The predicted molar refractivity (Wildman–Crippen MR) is 114 cm³/mol. The maximum Gasteiger partial charge on any atom is 0.300 e. The monoisotopic (exact) mass is 459 g/mol. The van der Waals surface area contributed by atoms with Crippen molar-refractivity contribution in [2.45, 2.75) is 6.04 Å². The van der Waals surface area contributed by atoms with Crippen molar-refractivity contribution in [1.82, 2.24) is 0 Å². The summed E-state index contributed by atoms with van der Waals surface area (Å²) in [6, 6.07) is 13.4. The first-order valence-electron chi connectivity index (χ1n) is 9.05. The number of anilines is 1. The van der Waals surface area contributed by atoms with E-state index in [-0.39, 0.29) is 26.9 Å². The molecule has 31 heavy (non-hydrogen) atoms. The van der Waals surface area contributed by atoms with Crippen LogP contribution in [0.5, 0.6) is 0 Å². The molecule has 0 bridgehead atoms. The van der Waals surface area contributed by atoms with Crippen molar-refractivity contribution in [1.29, 1.82) is 0 Å². The molecule has 4 rings (SSSR count). The summed E-state index contributed by atoms with van der Waals surface area (Å²) in [4.78, 5) is 27.0. The van der Waals surface area contributed by atoms with Crippen molar-refractivity contribution in [3.63, 3.8) is 0 Å². The molecular weight excluding hydrogens is 447 g/mol. The van der Waals surface area contributed by atoms with E-state index in [2.05, 4.69) is 0 Å². The van der Waals surface area contributed by atoms with Crippen molar-refractivity contribution in [2.24, 2.45) is 0 Å². The van der Waals surface area contributed by atoms with Crippen LogP contribution < -0.4 is 4.90 Å². The number of carbonyl (C=O) groups is 2. The molecule has 1 N–H and O–H groups in total. The standard InChI is InChI=1S/C23H13Cl2F2NO3/c24-17-9-6-13(10-18(17)25)20-19(21(29)12-4-7-14(26)8-5-12)22(30)23(31)28(20)16-3-1-2-15(27)11-16/h1-11,20,29H/b21-19-. The molecule has 4 nitrogen and oxygen atoms in total. The van der Waals surface area contributed by atoms with Crippen LogP contribution in [0.3, 0.4) is 0 Å². The fraction of sp³-hybridized carbons (Fsp3) is 0.0435. The van der Waals surface area contributed by atoms with Gasteiger partial charge in [-0.1, -0.05) is 35.3 Å². The summed E-state index contributed by atoms with van der Waals surface area (Å²) in [7, 11) is 0. The molecule has 1 aliphatic rings. The third-order valence-electron chi connectivity index (χ3n) is 4.91. The van der Waals surface area contributed by atoms with E-state index >= 15 is 0 Å². The second-order valence-corrected chi connectivity index (χ2v) is 7.64. The Morgan fingerprint density at radius 3 is 2.23 bits per heavy atom. The predicted octanol–water partition coefficient (Wildman–Crippen LogP) is 5.90. The van der Waals surface area contributed by atoms with Crippen molar-refractivity contribution in [3.05, 3.63) is 105 Å². The Labute approximate surface area is 185 Å². The van der Waals surface area contributed by atoms with Crippen LogP contribution in [-0.4, -0.2) is 16.8 Å².